The van der Waals surface area contributed by atoms with Crippen LogP contribution in [0.5, 0.6) is 5.75 Å². The second-order valence-electron chi connectivity index (χ2n) is 9.03. The van der Waals surface area contributed by atoms with E-state index in [1.165, 1.54) is 5.56 Å². The predicted molar refractivity (Wildman–Crippen MR) is 107 cm³/mol. The Kier molecular flexibility index (Phi) is 5.77. The number of carbonyl (C=O) groups excluding carboxylic acids is 1. The fraction of sp³-hybridized carbons (Fsp3) is 0.591. The Morgan fingerprint density at radius 2 is 1.82 bits per heavy atom. The van der Waals surface area contributed by atoms with Gasteiger partial charge in [-0.25, -0.2) is 0 Å². The fourth-order valence-electron chi connectivity index (χ4n) is 2.96. The number of carbonyl (C=O) groups is 1. The summed E-state index contributed by atoms with van der Waals surface area (Å²) in [5.41, 5.74) is 1.30. The van der Waals surface area contributed by atoms with Gasteiger partial charge in [0.05, 0.1) is 0 Å². The third-order valence-corrected chi connectivity index (χ3v) is 5.03. The SMILES string of the molecule is CC(Oc1ccc(C(C)(C)C)cc1)C(=O)NC(c1nc(C2CC2)no1)C(C)C. The molecule has 6 heteroatoms. The Hall–Kier alpha value is -2.37. The molecule has 2 aromatic rings. The molecule has 1 aromatic heterocycles. The van der Waals surface area contributed by atoms with Gasteiger partial charge in [0.2, 0.25) is 5.89 Å². The van der Waals surface area contributed by atoms with Gasteiger partial charge in [0.25, 0.3) is 5.91 Å². The van der Waals surface area contributed by atoms with Gasteiger partial charge >= 0.3 is 0 Å². The summed E-state index contributed by atoms with van der Waals surface area (Å²) in [5, 5.41) is 7.06. The van der Waals surface area contributed by atoms with Crippen molar-refractivity contribution in [3.8, 4) is 5.75 Å². The number of hydrogen-bond acceptors (Lipinski definition) is 5. The molecule has 1 fully saturated rings. The molecule has 0 aliphatic heterocycles. The number of rotatable bonds is 7. The summed E-state index contributed by atoms with van der Waals surface area (Å²) in [6, 6.07) is 7.56. The molecule has 1 saturated carbocycles. The summed E-state index contributed by atoms with van der Waals surface area (Å²) in [6.45, 7) is 12.3. The zero-order valence-electron chi connectivity index (χ0n) is 17.7. The van der Waals surface area contributed by atoms with E-state index in [1.807, 2.05) is 38.1 Å². The molecule has 1 aliphatic rings. The Morgan fingerprint density at radius 3 is 2.36 bits per heavy atom. The van der Waals surface area contributed by atoms with E-state index < -0.39 is 6.10 Å². The number of aromatic nitrogens is 2. The third-order valence-electron chi connectivity index (χ3n) is 5.03. The fourth-order valence-corrected chi connectivity index (χ4v) is 2.96. The number of nitrogens with zero attached hydrogens (tertiary/aromatic N) is 2. The second kappa shape index (κ2) is 7.94. The third kappa shape index (κ3) is 4.91. The normalized spacial score (nSPS) is 16.7. The van der Waals surface area contributed by atoms with E-state index in [2.05, 4.69) is 36.2 Å². The Labute approximate surface area is 167 Å². The van der Waals surface area contributed by atoms with Crippen molar-refractivity contribution in [3.63, 3.8) is 0 Å². The van der Waals surface area contributed by atoms with Crippen LogP contribution >= 0.6 is 0 Å². The molecule has 1 aromatic carbocycles. The molecule has 6 nitrogen and oxygen atoms in total. The van der Waals surface area contributed by atoms with Gasteiger partial charge in [-0.15, -0.1) is 0 Å². The summed E-state index contributed by atoms with van der Waals surface area (Å²) in [4.78, 5) is 17.2. The molecule has 1 amide bonds. The Morgan fingerprint density at radius 1 is 1.18 bits per heavy atom. The number of amides is 1. The van der Waals surface area contributed by atoms with E-state index >= 15 is 0 Å². The van der Waals surface area contributed by atoms with E-state index in [9.17, 15) is 4.79 Å². The Bertz CT molecular complexity index is 801. The molecule has 0 bridgehead atoms. The largest absolute Gasteiger partial charge is 0.481 e. The van der Waals surface area contributed by atoms with E-state index in [4.69, 9.17) is 9.26 Å². The van der Waals surface area contributed by atoms with Crippen molar-refractivity contribution in [1.82, 2.24) is 15.5 Å². The maximum absolute atomic E-state index is 12.7. The van der Waals surface area contributed by atoms with E-state index in [0.29, 0.717) is 17.6 Å². The van der Waals surface area contributed by atoms with Crippen molar-refractivity contribution in [3.05, 3.63) is 41.5 Å². The van der Waals surface area contributed by atoms with Gasteiger partial charge in [-0.2, -0.15) is 4.98 Å². The average Bonchev–Trinajstić information content (AvgIpc) is 3.36. The highest BCUT2D eigenvalue weighted by Gasteiger charge is 2.32. The van der Waals surface area contributed by atoms with Gasteiger partial charge in [-0.1, -0.05) is 51.9 Å². The summed E-state index contributed by atoms with van der Waals surface area (Å²) in [5.74, 6) is 2.22. The van der Waals surface area contributed by atoms with Crippen molar-refractivity contribution in [2.45, 2.75) is 77.9 Å². The minimum absolute atomic E-state index is 0.0788. The van der Waals surface area contributed by atoms with Gasteiger partial charge in [0, 0.05) is 5.92 Å². The van der Waals surface area contributed by atoms with Crippen LogP contribution in [0.4, 0.5) is 0 Å². The molecule has 0 saturated heterocycles. The molecule has 1 N–H and O–H groups in total. The first kappa shape index (κ1) is 20.4. The topological polar surface area (TPSA) is 77.2 Å². The average molecular weight is 386 g/mol. The second-order valence-corrected chi connectivity index (χ2v) is 9.03. The quantitative estimate of drug-likeness (QED) is 0.758. The van der Waals surface area contributed by atoms with E-state index in [0.717, 1.165) is 18.7 Å². The molecule has 3 rings (SSSR count). The highest BCUT2D eigenvalue weighted by Crippen LogP contribution is 2.38. The molecule has 2 atom stereocenters. The predicted octanol–water partition coefficient (Wildman–Crippen LogP) is 4.53. The number of ether oxygens (including phenoxy) is 1. The maximum Gasteiger partial charge on any atom is 0.261 e. The number of nitrogens with one attached hydrogen (secondary N) is 1. The minimum Gasteiger partial charge on any atom is -0.481 e. The summed E-state index contributed by atoms with van der Waals surface area (Å²) in [6.07, 6.45) is 1.58. The summed E-state index contributed by atoms with van der Waals surface area (Å²) < 4.78 is 11.3. The number of benzene rings is 1. The van der Waals surface area contributed by atoms with Gasteiger partial charge in [0.1, 0.15) is 11.8 Å². The standard InChI is InChI=1S/C22H31N3O3/c1-13(2)18(21-24-19(25-28-21)15-7-8-15)23-20(26)14(3)27-17-11-9-16(10-12-17)22(4,5)6/h9-15,18H,7-8H2,1-6H3,(H,23,26). The van der Waals surface area contributed by atoms with Crippen LogP contribution in [-0.4, -0.2) is 22.2 Å². The minimum atomic E-state index is -0.632. The van der Waals surface area contributed by atoms with Crippen LogP contribution in [0, 0.1) is 5.92 Å². The van der Waals surface area contributed by atoms with Crippen molar-refractivity contribution < 1.29 is 14.1 Å². The van der Waals surface area contributed by atoms with Crippen LogP contribution in [0.1, 0.15) is 83.6 Å². The van der Waals surface area contributed by atoms with Gasteiger partial charge in [0.15, 0.2) is 11.9 Å². The monoisotopic (exact) mass is 385 g/mol. The van der Waals surface area contributed by atoms with Crippen LogP contribution in [0.25, 0.3) is 0 Å². The summed E-state index contributed by atoms with van der Waals surface area (Å²) in [7, 11) is 0. The molecule has 0 spiro atoms. The van der Waals surface area contributed by atoms with Crippen LogP contribution < -0.4 is 10.1 Å². The van der Waals surface area contributed by atoms with Crippen LogP contribution in [0.2, 0.25) is 0 Å². The van der Waals surface area contributed by atoms with Crippen LogP contribution in [0.15, 0.2) is 28.8 Å². The lowest BCUT2D eigenvalue weighted by molar-refractivity contribution is -0.128. The van der Waals surface area contributed by atoms with E-state index in [1.54, 1.807) is 6.92 Å². The zero-order valence-corrected chi connectivity index (χ0v) is 17.7. The first-order valence-corrected chi connectivity index (χ1v) is 10.1. The van der Waals surface area contributed by atoms with Crippen molar-refractivity contribution in [1.29, 1.82) is 0 Å². The lowest BCUT2D eigenvalue weighted by Crippen LogP contribution is -2.40. The zero-order chi connectivity index (χ0) is 20.5. The maximum atomic E-state index is 12.7. The van der Waals surface area contributed by atoms with Crippen molar-refractivity contribution >= 4 is 5.91 Å². The molecule has 0 radical (unpaired) electrons. The van der Waals surface area contributed by atoms with Gasteiger partial charge in [-0.05, 0) is 48.8 Å². The van der Waals surface area contributed by atoms with Crippen LogP contribution in [-0.2, 0) is 10.2 Å². The highest BCUT2D eigenvalue weighted by atomic mass is 16.5. The molecular formula is C22H31N3O3. The van der Waals surface area contributed by atoms with Gasteiger partial charge in [-0.3, -0.25) is 4.79 Å². The lowest BCUT2D eigenvalue weighted by Gasteiger charge is -2.22. The lowest BCUT2D eigenvalue weighted by atomic mass is 9.87. The summed E-state index contributed by atoms with van der Waals surface area (Å²) >= 11 is 0. The highest BCUT2D eigenvalue weighted by molar-refractivity contribution is 5.81. The van der Waals surface area contributed by atoms with Crippen molar-refractivity contribution in [2.24, 2.45) is 5.92 Å². The Balaban J connectivity index is 1.62. The first-order chi connectivity index (χ1) is 13.1. The van der Waals surface area contributed by atoms with Gasteiger partial charge < -0.3 is 14.6 Å². The molecule has 28 heavy (non-hydrogen) atoms. The van der Waals surface area contributed by atoms with E-state index in [-0.39, 0.29) is 23.3 Å². The molecule has 1 aliphatic carbocycles. The van der Waals surface area contributed by atoms with Crippen molar-refractivity contribution in [2.75, 3.05) is 0 Å². The first-order valence-electron chi connectivity index (χ1n) is 10.1. The molecule has 1 heterocycles. The van der Waals surface area contributed by atoms with Crippen LogP contribution in [0.3, 0.4) is 0 Å². The smallest absolute Gasteiger partial charge is 0.261 e. The molecule has 2 unspecified atom stereocenters. The molecular weight excluding hydrogens is 354 g/mol. The molecule has 152 valence electrons. The number of hydrogen-bond donors (Lipinski definition) is 1.